The molecule has 0 atom stereocenters. The van der Waals surface area contributed by atoms with Gasteiger partial charge >= 0.3 is 5.97 Å². The first-order chi connectivity index (χ1) is 7.25. The smallest absolute Gasteiger partial charge is 0.304 e. The molecule has 0 unspecified atom stereocenters. The van der Waals surface area contributed by atoms with Crippen molar-refractivity contribution in [2.45, 2.75) is 44.2 Å². The van der Waals surface area contributed by atoms with Crippen LogP contribution < -0.4 is 5.32 Å². The van der Waals surface area contributed by atoms with Crippen LogP contribution in [0.4, 0.5) is 0 Å². The number of carboxylic acids is 1. The van der Waals surface area contributed by atoms with Gasteiger partial charge < -0.3 is 15.3 Å². The van der Waals surface area contributed by atoms with Crippen molar-refractivity contribution in [1.82, 2.24) is 10.2 Å². The third-order valence-corrected chi connectivity index (χ3v) is 3.36. The highest BCUT2D eigenvalue weighted by molar-refractivity contribution is 5.66. The van der Waals surface area contributed by atoms with Crippen LogP contribution in [0.5, 0.6) is 0 Å². The lowest BCUT2D eigenvalue weighted by molar-refractivity contribution is -0.136. The fourth-order valence-corrected chi connectivity index (χ4v) is 2.29. The normalized spacial score (nSPS) is 24.3. The van der Waals surface area contributed by atoms with Gasteiger partial charge in [-0.3, -0.25) is 4.79 Å². The first-order valence-electron chi connectivity index (χ1n) is 5.95. The number of nitrogens with zero attached hydrogens (tertiary/aromatic N) is 1. The molecule has 1 saturated heterocycles. The quantitative estimate of drug-likeness (QED) is 0.703. The van der Waals surface area contributed by atoms with Gasteiger partial charge in [0.15, 0.2) is 0 Å². The van der Waals surface area contributed by atoms with Gasteiger partial charge in [-0.25, -0.2) is 0 Å². The first kappa shape index (κ1) is 10.9. The maximum absolute atomic E-state index is 10.3. The molecule has 0 amide bonds. The van der Waals surface area contributed by atoms with Gasteiger partial charge in [0.05, 0.1) is 6.42 Å². The van der Waals surface area contributed by atoms with E-state index in [1.807, 2.05) is 0 Å². The van der Waals surface area contributed by atoms with Crippen molar-refractivity contribution in [2.24, 2.45) is 0 Å². The van der Waals surface area contributed by atoms with Gasteiger partial charge in [0.1, 0.15) is 0 Å². The second-order valence-corrected chi connectivity index (χ2v) is 4.64. The van der Waals surface area contributed by atoms with Gasteiger partial charge in [0.25, 0.3) is 0 Å². The molecule has 4 heteroatoms. The Balaban J connectivity index is 1.58. The van der Waals surface area contributed by atoms with E-state index in [1.54, 1.807) is 0 Å². The average Bonchev–Trinajstić information content (AvgIpc) is 3.02. The Labute approximate surface area is 90.6 Å². The SMILES string of the molecule is O=C(O)CCNC1CCN(C2CC2)CC1. The minimum Gasteiger partial charge on any atom is -0.481 e. The number of carboxylic acid groups (broad SMARTS) is 1. The molecule has 0 radical (unpaired) electrons. The van der Waals surface area contributed by atoms with Crippen molar-refractivity contribution in [3.63, 3.8) is 0 Å². The van der Waals surface area contributed by atoms with Crippen LogP contribution in [-0.2, 0) is 4.79 Å². The largest absolute Gasteiger partial charge is 0.481 e. The lowest BCUT2D eigenvalue weighted by Gasteiger charge is -2.32. The summed E-state index contributed by atoms with van der Waals surface area (Å²) < 4.78 is 0. The summed E-state index contributed by atoms with van der Waals surface area (Å²) in [5.74, 6) is -0.710. The van der Waals surface area contributed by atoms with E-state index in [1.165, 1.54) is 38.8 Å². The van der Waals surface area contributed by atoms with E-state index in [2.05, 4.69) is 10.2 Å². The summed E-state index contributed by atoms with van der Waals surface area (Å²) in [6.45, 7) is 2.99. The lowest BCUT2D eigenvalue weighted by Crippen LogP contribution is -2.43. The summed E-state index contributed by atoms with van der Waals surface area (Å²) in [7, 11) is 0. The van der Waals surface area contributed by atoms with E-state index in [4.69, 9.17) is 5.11 Å². The van der Waals surface area contributed by atoms with Crippen molar-refractivity contribution in [2.75, 3.05) is 19.6 Å². The van der Waals surface area contributed by atoms with Gasteiger partial charge in [-0.1, -0.05) is 0 Å². The molecule has 1 heterocycles. The number of piperidine rings is 1. The van der Waals surface area contributed by atoms with Crippen LogP contribution in [0.15, 0.2) is 0 Å². The molecule has 0 bridgehead atoms. The zero-order chi connectivity index (χ0) is 10.7. The van der Waals surface area contributed by atoms with Crippen LogP contribution in [-0.4, -0.2) is 47.7 Å². The number of aliphatic carboxylic acids is 1. The monoisotopic (exact) mass is 212 g/mol. The third-order valence-electron chi connectivity index (χ3n) is 3.36. The fraction of sp³-hybridized carbons (Fsp3) is 0.909. The number of likely N-dealkylation sites (tertiary alicyclic amines) is 1. The van der Waals surface area contributed by atoms with E-state index in [0.29, 0.717) is 12.6 Å². The molecule has 2 fully saturated rings. The molecular formula is C11H20N2O2. The molecule has 1 aliphatic heterocycles. The Morgan fingerprint density at radius 1 is 1.27 bits per heavy atom. The molecule has 0 spiro atoms. The van der Waals surface area contributed by atoms with Crippen LogP contribution >= 0.6 is 0 Å². The van der Waals surface area contributed by atoms with Crippen LogP contribution in [0.3, 0.4) is 0 Å². The number of rotatable bonds is 5. The van der Waals surface area contributed by atoms with Crippen molar-refractivity contribution in [3.8, 4) is 0 Å². The molecule has 4 nitrogen and oxygen atoms in total. The Kier molecular flexibility index (Phi) is 3.59. The molecule has 0 aromatic rings. The van der Waals surface area contributed by atoms with Gasteiger partial charge in [0, 0.05) is 18.6 Å². The Bertz CT molecular complexity index is 221. The van der Waals surface area contributed by atoms with Crippen LogP contribution in [0, 0.1) is 0 Å². The Morgan fingerprint density at radius 3 is 2.47 bits per heavy atom. The van der Waals surface area contributed by atoms with Gasteiger partial charge in [-0.05, 0) is 38.8 Å². The Hall–Kier alpha value is -0.610. The van der Waals surface area contributed by atoms with Crippen molar-refractivity contribution >= 4 is 5.97 Å². The average molecular weight is 212 g/mol. The molecule has 2 N–H and O–H groups in total. The van der Waals surface area contributed by atoms with Crippen molar-refractivity contribution < 1.29 is 9.90 Å². The van der Waals surface area contributed by atoms with Gasteiger partial charge in [0.2, 0.25) is 0 Å². The van der Waals surface area contributed by atoms with E-state index < -0.39 is 5.97 Å². The lowest BCUT2D eigenvalue weighted by atomic mass is 10.0. The molecular weight excluding hydrogens is 192 g/mol. The maximum atomic E-state index is 10.3. The predicted molar refractivity (Wildman–Crippen MR) is 57.9 cm³/mol. The minimum atomic E-state index is -0.710. The van der Waals surface area contributed by atoms with Crippen LogP contribution in [0.1, 0.15) is 32.1 Å². The summed E-state index contributed by atoms with van der Waals surface area (Å²) in [5, 5.41) is 11.8. The topological polar surface area (TPSA) is 52.6 Å². The van der Waals surface area contributed by atoms with Crippen molar-refractivity contribution in [1.29, 1.82) is 0 Å². The molecule has 2 rings (SSSR count). The van der Waals surface area contributed by atoms with Crippen molar-refractivity contribution in [3.05, 3.63) is 0 Å². The van der Waals surface area contributed by atoms with E-state index >= 15 is 0 Å². The van der Waals surface area contributed by atoms with Gasteiger partial charge in [-0.15, -0.1) is 0 Å². The zero-order valence-corrected chi connectivity index (χ0v) is 9.11. The predicted octanol–water partition coefficient (Wildman–Crippen LogP) is 0.677. The first-order valence-corrected chi connectivity index (χ1v) is 5.95. The molecule has 0 aromatic heterocycles. The molecule has 86 valence electrons. The minimum absolute atomic E-state index is 0.239. The second kappa shape index (κ2) is 4.94. The van der Waals surface area contributed by atoms with E-state index in [9.17, 15) is 4.79 Å². The molecule has 1 saturated carbocycles. The Morgan fingerprint density at radius 2 is 1.93 bits per heavy atom. The highest BCUT2D eigenvalue weighted by Gasteiger charge is 2.31. The van der Waals surface area contributed by atoms with E-state index in [-0.39, 0.29) is 6.42 Å². The summed E-state index contributed by atoms with van der Waals surface area (Å²) in [6.07, 6.45) is 5.36. The summed E-state index contributed by atoms with van der Waals surface area (Å²) >= 11 is 0. The highest BCUT2D eigenvalue weighted by atomic mass is 16.4. The van der Waals surface area contributed by atoms with E-state index in [0.717, 1.165) is 6.04 Å². The number of nitrogens with one attached hydrogen (secondary N) is 1. The van der Waals surface area contributed by atoms with Crippen LogP contribution in [0.25, 0.3) is 0 Å². The van der Waals surface area contributed by atoms with Gasteiger partial charge in [-0.2, -0.15) is 0 Å². The third kappa shape index (κ3) is 3.47. The van der Waals surface area contributed by atoms with Crippen LogP contribution in [0.2, 0.25) is 0 Å². The maximum Gasteiger partial charge on any atom is 0.304 e. The highest BCUT2D eigenvalue weighted by Crippen LogP contribution is 2.29. The molecule has 1 aliphatic carbocycles. The zero-order valence-electron chi connectivity index (χ0n) is 9.11. The number of hydrogen-bond donors (Lipinski definition) is 2. The molecule has 0 aromatic carbocycles. The standard InChI is InChI=1S/C11H20N2O2/c14-11(15)3-6-12-9-4-7-13(8-5-9)10-1-2-10/h9-10,12H,1-8H2,(H,14,15). The number of carbonyl (C=O) groups is 1. The fourth-order valence-electron chi connectivity index (χ4n) is 2.29. The summed E-state index contributed by atoms with van der Waals surface area (Å²) in [4.78, 5) is 12.9. The second-order valence-electron chi connectivity index (χ2n) is 4.64. The number of hydrogen-bond acceptors (Lipinski definition) is 3. The molecule has 2 aliphatic rings. The summed E-state index contributed by atoms with van der Waals surface area (Å²) in [6, 6.07) is 1.42. The molecule has 15 heavy (non-hydrogen) atoms. The summed E-state index contributed by atoms with van der Waals surface area (Å²) in [5.41, 5.74) is 0.